The fourth-order valence-corrected chi connectivity index (χ4v) is 2.76. The van der Waals surface area contributed by atoms with Gasteiger partial charge in [0.15, 0.2) is 5.82 Å². The van der Waals surface area contributed by atoms with Gasteiger partial charge in [-0.05, 0) is 38.1 Å². The lowest BCUT2D eigenvalue weighted by Gasteiger charge is -2.22. The fourth-order valence-electron chi connectivity index (χ4n) is 2.76. The Balaban J connectivity index is 0.00000176. The van der Waals surface area contributed by atoms with E-state index in [0.29, 0.717) is 18.3 Å². The molecule has 0 bridgehead atoms. The van der Waals surface area contributed by atoms with Crippen LogP contribution in [0.1, 0.15) is 63.2 Å². The minimum atomic E-state index is -0.0172. The van der Waals surface area contributed by atoms with E-state index in [-0.39, 0.29) is 30.3 Å². The second-order valence-electron chi connectivity index (χ2n) is 6.46. The Kier molecular flexibility index (Phi) is 5.81. The molecule has 124 valence electrons. The fraction of sp³-hybridized carbons (Fsp3) is 0.800. The number of carbonyl (C=O) groups excluding carboxylic acids is 1. The lowest BCUT2D eigenvalue weighted by molar-refractivity contribution is -0.131. The molecular weight excluding hydrogens is 304 g/mol. The summed E-state index contributed by atoms with van der Waals surface area (Å²) in [4.78, 5) is 18.7. The molecule has 1 unspecified atom stereocenters. The van der Waals surface area contributed by atoms with Crippen LogP contribution in [0, 0.1) is 5.92 Å². The Morgan fingerprint density at radius 2 is 2.18 bits per heavy atom. The molecule has 1 N–H and O–H groups in total. The summed E-state index contributed by atoms with van der Waals surface area (Å²) in [6.07, 6.45) is 4.53. The maximum atomic E-state index is 12.3. The van der Waals surface area contributed by atoms with E-state index in [4.69, 9.17) is 4.52 Å². The van der Waals surface area contributed by atoms with Crippen LogP contribution in [0.4, 0.5) is 0 Å². The highest BCUT2D eigenvalue weighted by atomic mass is 35.5. The Hall–Kier alpha value is -1.14. The Morgan fingerprint density at radius 1 is 1.41 bits per heavy atom. The normalized spacial score (nSPS) is 21.2. The highest BCUT2D eigenvalue weighted by Crippen LogP contribution is 2.31. The first-order chi connectivity index (χ1) is 10.1. The SMILES string of the molecule is CC(C)c1nc(C2CCCN2C(=O)CNCC2CC2)no1.Cl. The molecule has 0 radical (unpaired) electrons. The zero-order valence-electron chi connectivity index (χ0n) is 13.2. The van der Waals surface area contributed by atoms with E-state index in [1.807, 2.05) is 18.7 Å². The predicted molar refractivity (Wildman–Crippen MR) is 84.9 cm³/mol. The maximum absolute atomic E-state index is 12.3. The molecular formula is C15H25ClN4O2. The van der Waals surface area contributed by atoms with Crippen molar-refractivity contribution in [2.24, 2.45) is 5.92 Å². The van der Waals surface area contributed by atoms with Crippen LogP contribution in [0.3, 0.4) is 0 Å². The zero-order chi connectivity index (χ0) is 14.8. The van der Waals surface area contributed by atoms with Crippen LogP contribution in [0.25, 0.3) is 0 Å². The number of halogens is 1. The molecule has 6 nitrogen and oxygen atoms in total. The van der Waals surface area contributed by atoms with Gasteiger partial charge in [0.2, 0.25) is 11.8 Å². The smallest absolute Gasteiger partial charge is 0.237 e. The minimum absolute atomic E-state index is 0. The molecule has 1 aromatic rings. The molecule has 2 aliphatic rings. The lowest BCUT2D eigenvalue weighted by Crippen LogP contribution is -2.38. The number of carbonyl (C=O) groups is 1. The van der Waals surface area contributed by atoms with Crippen LogP contribution in [0.5, 0.6) is 0 Å². The third-order valence-corrected chi connectivity index (χ3v) is 4.23. The van der Waals surface area contributed by atoms with E-state index in [1.54, 1.807) is 0 Å². The molecule has 1 aliphatic heterocycles. The zero-order valence-corrected chi connectivity index (χ0v) is 14.1. The number of rotatable bonds is 6. The van der Waals surface area contributed by atoms with Crippen molar-refractivity contribution in [3.8, 4) is 0 Å². The molecule has 7 heteroatoms. The van der Waals surface area contributed by atoms with E-state index >= 15 is 0 Å². The van der Waals surface area contributed by atoms with E-state index in [2.05, 4.69) is 15.5 Å². The standard InChI is InChI=1S/C15H24N4O2.ClH/c1-10(2)15-17-14(18-21-15)12-4-3-7-19(12)13(20)9-16-8-11-5-6-11;/h10-12,16H,3-9H2,1-2H3;1H. The van der Waals surface area contributed by atoms with Gasteiger partial charge in [0.05, 0.1) is 12.6 Å². The van der Waals surface area contributed by atoms with Gasteiger partial charge < -0.3 is 14.7 Å². The summed E-state index contributed by atoms with van der Waals surface area (Å²) in [5, 5.41) is 7.33. The number of hydrogen-bond donors (Lipinski definition) is 1. The second-order valence-corrected chi connectivity index (χ2v) is 6.46. The molecule has 2 fully saturated rings. The first-order valence-corrected chi connectivity index (χ1v) is 7.99. The van der Waals surface area contributed by atoms with Gasteiger partial charge in [-0.15, -0.1) is 12.4 Å². The van der Waals surface area contributed by atoms with Gasteiger partial charge in [0.25, 0.3) is 0 Å². The summed E-state index contributed by atoms with van der Waals surface area (Å²) >= 11 is 0. The molecule has 2 heterocycles. The lowest BCUT2D eigenvalue weighted by atomic mass is 10.2. The summed E-state index contributed by atoms with van der Waals surface area (Å²) in [6.45, 7) is 6.22. The number of amides is 1. The Morgan fingerprint density at radius 3 is 2.82 bits per heavy atom. The molecule has 1 amide bonds. The monoisotopic (exact) mass is 328 g/mol. The average Bonchev–Trinajstić information content (AvgIpc) is 2.96. The van der Waals surface area contributed by atoms with Crippen molar-refractivity contribution in [1.29, 1.82) is 0 Å². The first-order valence-electron chi connectivity index (χ1n) is 7.99. The third kappa shape index (κ3) is 3.98. The van der Waals surface area contributed by atoms with E-state index in [0.717, 1.165) is 31.8 Å². The van der Waals surface area contributed by atoms with Crippen molar-refractivity contribution < 1.29 is 9.32 Å². The second kappa shape index (κ2) is 7.42. The van der Waals surface area contributed by atoms with Gasteiger partial charge >= 0.3 is 0 Å². The highest BCUT2D eigenvalue weighted by Gasteiger charge is 2.33. The number of nitrogens with one attached hydrogen (secondary N) is 1. The molecule has 0 spiro atoms. The van der Waals surface area contributed by atoms with Crippen LogP contribution in [-0.2, 0) is 4.79 Å². The maximum Gasteiger partial charge on any atom is 0.237 e. The van der Waals surface area contributed by atoms with Gasteiger partial charge in [0.1, 0.15) is 0 Å². The molecule has 3 rings (SSSR count). The molecule has 1 saturated heterocycles. The quantitative estimate of drug-likeness (QED) is 0.867. The van der Waals surface area contributed by atoms with Gasteiger partial charge in [0, 0.05) is 12.5 Å². The van der Waals surface area contributed by atoms with Crippen molar-refractivity contribution in [2.75, 3.05) is 19.6 Å². The number of hydrogen-bond acceptors (Lipinski definition) is 5. The van der Waals surface area contributed by atoms with Crippen molar-refractivity contribution in [3.05, 3.63) is 11.7 Å². The van der Waals surface area contributed by atoms with E-state index < -0.39 is 0 Å². The molecule has 1 aromatic heterocycles. The van der Waals surface area contributed by atoms with Crippen LogP contribution in [0.2, 0.25) is 0 Å². The summed E-state index contributed by atoms with van der Waals surface area (Å²) in [7, 11) is 0. The average molecular weight is 329 g/mol. The van der Waals surface area contributed by atoms with E-state index in [1.165, 1.54) is 12.8 Å². The molecule has 1 atom stereocenters. The predicted octanol–water partition coefficient (Wildman–Crippen LogP) is 2.28. The van der Waals surface area contributed by atoms with Gasteiger partial charge in [-0.25, -0.2) is 0 Å². The summed E-state index contributed by atoms with van der Waals surface area (Å²) in [5.41, 5.74) is 0. The van der Waals surface area contributed by atoms with Crippen LogP contribution in [-0.4, -0.2) is 40.6 Å². The van der Waals surface area contributed by atoms with Gasteiger partial charge in [-0.1, -0.05) is 19.0 Å². The summed E-state index contributed by atoms with van der Waals surface area (Å²) in [6, 6.07) is -0.0172. The third-order valence-electron chi connectivity index (χ3n) is 4.23. The van der Waals surface area contributed by atoms with Crippen molar-refractivity contribution in [3.63, 3.8) is 0 Å². The first kappa shape index (κ1) is 17.2. The number of likely N-dealkylation sites (tertiary alicyclic amines) is 1. The number of aromatic nitrogens is 2. The molecule has 22 heavy (non-hydrogen) atoms. The van der Waals surface area contributed by atoms with Crippen LogP contribution < -0.4 is 5.32 Å². The van der Waals surface area contributed by atoms with Crippen LogP contribution >= 0.6 is 12.4 Å². The van der Waals surface area contributed by atoms with Crippen molar-refractivity contribution in [1.82, 2.24) is 20.4 Å². The molecule has 1 aliphatic carbocycles. The van der Waals surface area contributed by atoms with E-state index in [9.17, 15) is 4.79 Å². The summed E-state index contributed by atoms with van der Waals surface area (Å²) < 4.78 is 5.27. The Bertz CT molecular complexity index is 501. The van der Waals surface area contributed by atoms with Gasteiger partial charge in [-0.2, -0.15) is 4.98 Å². The minimum Gasteiger partial charge on any atom is -0.339 e. The molecule has 1 saturated carbocycles. The van der Waals surface area contributed by atoms with Gasteiger partial charge in [-0.3, -0.25) is 4.79 Å². The highest BCUT2D eigenvalue weighted by molar-refractivity contribution is 5.85. The summed E-state index contributed by atoms with van der Waals surface area (Å²) in [5.74, 6) is 2.46. The largest absolute Gasteiger partial charge is 0.339 e. The van der Waals surface area contributed by atoms with Crippen LogP contribution in [0.15, 0.2) is 4.52 Å². The number of nitrogens with zero attached hydrogens (tertiary/aromatic N) is 3. The Labute approximate surface area is 137 Å². The van der Waals surface area contributed by atoms with Crippen molar-refractivity contribution >= 4 is 18.3 Å². The topological polar surface area (TPSA) is 71.3 Å². The van der Waals surface area contributed by atoms with Crippen molar-refractivity contribution in [2.45, 2.75) is 51.5 Å². The molecule has 0 aromatic carbocycles.